The summed E-state index contributed by atoms with van der Waals surface area (Å²) < 4.78 is 12.6. The van der Waals surface area contributed by atoms with E-state index >= 15 is 0 Å². The summed E-state index contributed by atoms with van der Waals surface area (Å²) in [5.41, 5.74) is -1.74. The molecule has 4 saturated carbocycles. The zero-order valence-electron chi connectivity index (χ0n) is 37.5. The first kappa shape index (κ1) is 44.3. The molecule has 8 heteroatoms. The van der Waals surface area contributed by atoms with Crippen LogP contribution in [0.25, 0.3) is 0 Å². The maximum atomic E-state index is 13.1. The van der Waals surface area contributed by atoms with Crippen molar-refractivity contribution in [2.75, 3.05) is 0 Å². The molecule has 6 rings (SSSR count). The van der Waals surface area contributed by atoms with Crippen LogP contribution in [0.3, 0.4) is 0 Å². The Kier molecular flexibility index (Phi) is 13.2. The number of likely N-dealkylation sites (tertiary alicyclic amines) is 2. The molecule has 6 aliphatic rings. The number of ether oxygens (including phenoxy) is 2. The number of carbonyl (C=O) groups is 2. The van der Waals surface area contributed by atoms with Crippen molar-refractivity contribution in [3.05, 3.63) is 0 Å². The van der Waals surface area contributed by atoms with Crippen LogP contribution >= 0.6 is 0 Å². The zero-order chi connectivity index (χ0) is 40.7. The quantitative estimate of drug-likeness (QED) is 0.110. The van der Waals surface area contributed by atoms with E-state index in [4.69, 9.17) is 9.47 Å². The summed E-state index contributed by atoms with van der Waals surface area (Å²) >= 11 is 0. The molecule has 0 atom stereocenters. The Bertz CT molecular complexity index is 1210. The van der Waals surface area contributed by atoms with Gasteiger partial charge in [-0.05, 0) is 120 Å². The third-order valence-corrected chi connectivity index (χ3v) is 17.5. The van der Waals surface area contributed by atoms with Gasteiger partial charge in [0.05, 0.1) is 0 Å². The van der Waals surface area contributed by atoms with E-state index in [1.54, 1.807) is 0 Å². The second-order valence-corrected chi connectivity index (χ2v) is 22.8. The number of hydroxylamine groups is 6. The average molecular weight is 787 g/mol. The lowest BCUT2D eigenvalue weighted by molar-refractivity contribution is -1.21. The number of carbonyl (C=O) groups excluding carboxylic acids is 2. The Morgan fingerprint density at radius 1 is 0.464 bits per heavy atom. The molecule has 2 heterocycles. The molecule has 56 heavy (non-hydrogen) atoms. The summed E-state index contributed by atoms with van der Waals surface area (Å²) in [4.78, 5) is 26.2. The molecule has 8 nitrogen and oxygen atoms in total. The van der Waals surface area contributed by atoms with Crippen molar-refractivity contribution in [3.63, 3.8) is 0 Å². The second-order valence-electron chi connectivity index (χ2n) is 22.8. The molecule has 0 amide bonds. The molecule has 0 aromatic carbocycles. The number of fused-ring (bicyclic) bond motifs is 2. The van der Waals surface area contributed by atoms with Crippen LogP contribution in [0.4, 0.5) is 0 Å². The Balaban J connectivity index is 0.891. The first-order chi connectivity index (χ1) is 26.3. The number of hydrogen-bond acceptors (Lipinski definition) is 6. The highest BCUT2D eigenvalue weighted by Crippen LogP contribution is 2.61. The van der Waals surface area contributed by atoms with Gasteiger partial charge in [-0.3, -0.25) is 9.59 Å². The molecule has 4 aliphatic carbocycles. The molecule has 0 radical (unpaired) electrons. The normalized spacial score (nSPS) is 40.1. The van der Waals surface area contributed by atoms with Crippen molar-refractivity contribution in [3.8, 4) is 0 Å². The van der Waals surface area contributed by atoms with Crippen LogP contribution in [0.15, 0.2) is 0 Å². The van der Waals surface area contributed by atoms with Crippen LogP contribution in [0.5, 0.6) is 0 Å². The van der Waals surface area contributed by atoms with Crippen LogP contribution in [-0.4, -0.2) is 77.1 Å². The molecular formula is C48H86N2O6+2. The van der Waals surface area contributed by atoms with E-state index in [9.17, 15) is 20.0 Å². The summed E-state index contributed by atoms with van der Waals surface area (Å²) in [5.74, 6) is 0.970. The summed E-state index contributed by atoms with van der Waals surface area (Å²) in [6, 6.07) is 0. The van der Waals surface area contributed by atoms with Gasteiger partial charge in [-0.25, -0.2) is 10.4 Å². The number of unbranched alkanes of at least 4 members (excludes halogenated alkanes) is 5. The standard InChI is InChI=1S/C48H86N2O6/c1-43(2)33-39(34-44(3,4)49(43,53)47-29-19-15-23-37(47)24-16-20-30-47)55-41(51)27-13-11-9-10-12-14-28-42(52)56-40-35-45(5,6)50(54,46(7,8)36-40)48-31-21-17-25-38(48)26-18-22-32-48/h37-40,53-54H,9-36H2,1-8H3/q+2. The fourth-order valence-corrected chi connectivity index (χ4v) is 15.7. The number of quaternary nitrogens is 2. The van der Waals surface area contributed by atoms with Gasteiger partial charge in [0.2, 0.25) is 0 Å². The first-order valence-corrected chi connectivity index (χ1v) is 23.9. The van der Waals surface area contributed by atoms with E-state index in [0.29, 0.717) is 50.4 Å². The Morgan fingerprint density at radius 2 is 0.732 bits per heavy atom. The maximum absolute atomic E-state index is 13.1. The molecule has 0 aromatic heterocycles. The second kappa shape index (κ2) is 16.7. The van der Waals surface area contributed by atoms with Gasteiger partial charge in [-0.1, -0.05) is 51.4 Å². The predicted octanol–water partition coefficient (Wildman–Crippen LogP) is 12.1. The Morgan fingerprint density at radius 3 is 1.02 bits per heavy atom. The zero-order valence-corrected chi connectivity index (χ0v) is 37.5. The SMILES string of the molecule is CC1(C)CC(OC(=O)CCCCCCCCC(=O)OC2CC(C)(C)[N+](O)(C34CCCCC3CCCC4)C(C)(C)C2)CC(C)(C)[N+]1(O)C12CCCCC1CCCC2. The molecule has 0 unspecified atom stereocenters. The lowest BCUT2D eigenvalue weighted by Gasteiger charge is -2.68. The van der Waals surface area contributed by atoms with Crippen LogP contribution in [-0.2, 0) is 19.1 Å². The summed E-state index contributed by atoms with van der Waals surface area (Å²) in [5, 5.41) is 25.9. The number of esters is 2. The smallest absolute Gasteiger partial charge is 0.306 e. The van der Waals surface area contributed by atoms with Crippen molar-refractivity contribution in [1.82, 2.24) is 0 Å². The minimum atomic E-state index is -0.396. The third-order valence-electron chi connectivity index (χ3n) is 17.5. The van der Waals surface area contributed by atoms with Gasteiger partial charge < -0.3 is 9.47 Å². The topological polar surface area (TPSA) is 93.1 Å². The first-order valence-electron chi connectivity index (χ1n) is 23.9. The van der Waals surface area contributed by atoms with Gasteiger partial charge in [0.1, 0.15) is 45.4 Å². The van der Waals surface area contributed by atoms with Gasteiger partial charge >= 0.3 is 11.9 Å². The number of hydrogen-bond donors (Lipinski definition) is 2. The predicted molar refractivity (Wildman–Crippen MR) is 222 cm³/mol. The van der Waals surface area contributed by atoms with E-state index in [1.807, 2.05) is 0 Å². The van der Waals surface area contributed by atoms with Gasteiger partial charge in [-0.2, -0.15) is 9.29 Å². The van der Waals surface area contributed by atoms with E-state index in [0.717, 1.165) is 64.2 Å². The monoisotopic (exact) mass is 787 g/mol. The lowest BCUT2D eigenvalue weighted by atomic mass is 9.59. The van der Waals surface area contributed by atoms with Crippen molar-refractivity contribution >= 4 is 11.9 Å². The van der Waals surface area contributed by atoms with Crippen molar-refractivity contribution in [2.45, 2.75) is 281 Å². The maximum Gasteiger partial charge on any atom is 0.306 e. The molecule has 2 saturated heterocycles. The molecule has 0 bridgehead atoms. The molecular weight excluding hydrogens is 701 g/mol. The molecule has 0 spiro atoms. The van der Waals surface area contributed by atoms with Crippen LogP contribution < -0.4 is 0 Å². The number of rotatable bonds is 13. The highest BCUT2D eigenvalue weighted by atomic mass is 16.6. The molecule has 2 N–H and O–H groups in total. The van der Waals surface area contributed by atoms with E-state index < -0.39 is 22.2 Å². The van der Waals surface area contributed by atoms with Gasteiger partial charge in [0.15, 0.2) is 0 Å². The van der Waals surface area contributed by atoms with Crippen molar-refractivity contribution in [1.29, 1.82) is 0 Å². The highest BCUT2D eigenvalue weighted by molar-refractivity contribution is 5.69. The Labute approximate surface area is 342 Å². The summed E-state index contributed by atoms with van der Waals surface area (Å²) in [7, 11) is 0. The van der Waals surface area contributed by atoms with Crippen molar-refractivity contribution in [2.24, 2.45) is 11.8 Å². The van der Waals surface area contributed by atoms with E-state index in [1.165, 1.54) is 77.0 Å². The fraction of sp³-hybridized carbons (Fsp3) is 0.958. The molecule has 322 valence electrons. The average Bonchev–Trinajstić information content (AvgIpc) is 3.13. The fourth-order valence-electron chi connectivity index (χ4n) is 15.7. The minimum absolute atomic E-state index is 0.0803. The summed E-state index contributed by atoms with van der Waals surface area (Å²) in [6.45, 7) is 17.8. The van der Waals surface area contributed by atoms with E-state index in [-0.39, 0.29) is 44.5 Å². The third kappa shape index (κ3) is 7.68. The summed E-state index contributed by atoms with van der Waals surface area (Å²) in [6.07, 6.45) is 28.4. The van der Waals surface area contributed by atoms with Crippen LogP contribution in [0.2, 0.25) is 0 Å². The Hall–Kier alpha value is -1.22. The van der Waals surface area contributed by atoms with E-state index in [2.05, 4.69) is 55.4 Å². The van der Waals surface area contributed by atoms with Gasteiger partial charge in [0, 0.05) is 76.0 Å². The largest absolute Gasteiger partial charge is 0.462 e. The highest BCUT2D eigenvalue weighted by Gasteiger charge is 2.73. The molecule has 0 aromatic rings. The van der Waals surface area contributed by atoms with Crippen LogP contribution in [0, 0.1) is 11.8 Å². The molecule has 6 fully saturated rings. The minimum Gasteiger partial charge on any atom is -0.462 e. The number of piperidine rings is 2. The molecule has 2 aliphatic heterocycles. The van der Waals surface area contributed by atoms with Gasteiger partial charge in [-0.15, -0.1) is 0 Å². The van der Waals surface area contributed by atoms with Crippen LogP contribution in [0.1, 0.15) is 235 Å². The lowest BCUT2D eigenvalue weighted by Crippen LogP contribution is -2.83. The van der Waals surface area contributed by atoms with Crippen molar-refractivity contribution < 1.29 is 38.8 Å². The van der Waals surface area contributed by atoms with Gasteiger partial charge in [0.25, 0.3) is 0 Å². The number of nitrogens with zero attached hydrogens (tertiary/aromatic N) is 2.